The van der Waals surface area contributed by atoms with Crippen LogP contribution in [0.15, 0.2) is 11.6 Å². The van der Waals surface area contributed by atoms with Gasteiger partial charge in [-0.25, -0.2) is 0 Å². The highest BCUT2D eigenvalue weighted by Gasteiger charge is 2.36. The van der Waals surface area contributed by atoms with Crippen molar-refractivity contribution in [2.75, 3.05) is 13.2 Å². The summed E-state index contributed by atoms with van der Waals surface area (Å²) in [5.41, 5.74) is 1.13. The van der Waals surface area contributed by atoms with Gasteiger partial charge < -0.3 is 9.47 Å². The molecule has 1 aliphatic rings. The predicted molar refractivity (Wildman–Crippen MR) is 63.2 cm³/mol. The summed E-state index contributed by atoms with van der Waals surface area (Å²) in [7, 11) is 0. The van der Waals surface area contributed by atoms with Crippen molar-refractivity contribution in [1.29, 1.82) is 0 Å². The highest BCUT2D eigenvalue weighted by Crippen LogP contribution is 2.30. The van der Waals surface area contributed by atoms with Gasteiger partial charge in [0.05, 0.1) is 25.0 Å². The fraction of sp³-hybridized carbons (Fsp3) is 0.692. The van der Waals surface area contributed by atoms with E-state index in [4.69, 9.17) is 9.47 Å². The quantitative estimate of drug-likeness (QED) is 0.557. The van der Waals surface area contributed by atoms with Crippen LogP contribution in [0.2, 0.25) is 0 Å². The van der Waals surface area contributed by atoms with E-state index in [1.807, 2.05) is 13.0 Å². The number of carbonyl (C=O) groups is 2. The molecular formula is C13H20O4. The number of rotatable bonds is 4. The molecule has 0 aromatic heterocycles. The maximum Gasteiger partial charge on any atom is 0.313 e. The monoisotopic (exact) mass is 240 g/mol. The Kier molecular flexibility index (Phi) is 5.19. The summed E-state index contributed by atoms with van der Waals surface area (Å²) < 4.78 is 10.00. The largest absolute Gasteiger partial charge is 0.466 e. The summed E-state index contributed by atoms with van der Waals surface area (Å²) in [6, 6.07) is 0. The number of carbonyl (C=O) groups excluding carboxylic acids is 2. The number of hydrogen-bond donors (Lipinski definition) is 0. The fourth-order valence-corrected chi connectivity index (χ4v) is 2.05. The molecule has 0 bridgehead atoms. The van der Waals surface area contributed by atoms with Gasteiger partial charge in [-0.05, 0) is 33.6 Å². The molecule has 0 saturated carbocycles. The molecule has 2 unspecified atom stereocenters. The van der Waals surface area contributed by atoms with Crippen molar-refractivity contribution in [2.45, 2.75) is 33.6 Å². The molecule has 0 fully saturated rings. The van der Waals surface area contributed by atoms with Crippen molar-refractivity contribution >= 4 is 11.9 Å². The van der Waals surface area contributed by atoms with E-state index in [1.165, 1.54) is 0 Å². The highest BCUT2D eigenvalue weighted by molar-refractivity contribution is 5.84. The van der Waals surface area contributed by atoms with Crippen molar-refractivity contribution in [3.05, 3.63) is 11.6 Å². The van der Waals surface area contributed by atoms with Crippen LogP contribution in [0, 0.1) is 11.8 Å². The first kappa shape index (κ1) is 13.7. The molecule has 0 amide bonds. The standard InChI is InChI=1S/C13H20O4/c1-4-16-12(14)10-7-6-9(3)8-11(10)13(15)17-5-2/h8,10-11H,4-7H2,1-3H3. The van der Waals surface area contributed by atoms with Gasteiger partial charge in [0.2, 0.25) is 0 Å². The second kappa shape index (κ2) is 6.42. The van der Waals surface area contributed by atoms with E-state index in [2.05, 4.69) is 0 Å². The van der Waals surface area contributed by atoms with Gasteiger partial charge in [-0.15, -0.1) is 0 Å². The van der Waals surface area contributed by atoms with Crippen LogP contribution in [0.5, 0.6) is 0 Å². The lowest BCUT2D eigenvalue weighted by Crippen LogP contribution is -2.33. The molecule has 17 heavy (non-hydrogen) atoms. The summed E-state index contributed by atoms with van der Waals surface area (Å²) in [6.45, 7) is 6.16. The van der Waals surface area contributed by atoms with Crippen LogP contribution in [0.1, 0.15) is 33.6 Å². The van der Waals surface area contributed by atoms with Gasteiger partial charge in [-0.1, -0.05) is 11.6 Å². The van der Waals surface area contributed by atoms with Crippen LogP contribution in [0.4, 0.5) is 0 Å². The van der Waals surface area contributed by atoms with Crippen LogP contribution >= 0.6 is 0 Å². The van der Waals surface area contributed by atoms with Gasteiger partial charge in [-0.2, -0.15) is 0 Å². The summed E-state index contributed by atoms with van der Waals surface area (Å²) in [6.07, 6.45) is 3.33. The van der Waals surface area contributed by atoms with E-state index in [0.717, 1.165) is 12.0 Å². The summed E-state index contributed by atoms with van der Waals surface area (Å²) >= 11 is 0. The van der Waals surface area contributed by atoms with Gasteiger partial charge in [0, 0.05) is 0 Å². The lowest BCUT2D eigenvalue weighted by molar-refractivity contribution is -0.159. The first-order chi connectivity index (χ1) is 8.10. The Morgan fingerprint density at radius 3 is 2.41 bits per heavy atom. The van der Waals surface area contributed by atoms with Gasteiger partial charge in [0.1, 0.15) is 0 Å². The van der Waals surface area contributed by atoms with Crippen LogP contribution in [-0.4, -0.2) is 25.2 Å². The molecule has 0 radical (unpaired) electrons. The van der Waals surface area contributed by atoms with Crippen LogP contribution in [0.25, 0.3) is 0 Å². The van der Waals surface area contributed by atoms with E-state index in [9.17, 15) is 9.59 Å². The number of allylic oxidation sites excluding steroid dienone is 1. The van der Waals surface area contributed by atoms with Gasteiger partial charge in [-0.3, -0.25) is 9.59 Å². The first-order valence-electron chi connectivity index (χ1n) is 6.10. The molecule has 4 heteroatoms. The summed E-state index contributed by atoms with van der Waals surface area (Å²) in [5, 5.41) is 0. The van der Waals surface area contributed by atoms with E-state index in [-0.39, 0.29) is 11.9 Å². The molecule has 0 aromatic carbocycles. The minimum absolute atomic E-state index is 0.297. The van der Waals surface area contributed by atoms with Crippen molar-refractivity contribution in [2.24, 2.45) is 11.8 Å². The van der Waals surface area contributed by atoms with E-state index < -0.39 is 11.8 Å². The SMILES string of the molecule is CCOC(=O)C1C=C(C)CCC1C(=O)OCC. The Bertz CT molecular complexity index is 319. The molecule has 0 N–H and O–H groups in total. The Labute approximate surface area is 102 Å². The maximum atomic E-state index is 11.8. The number of esters is 2. The predicted octanol–water partition coefficient (Wildman–Crippen LogP) is 2.09. The molecular weight excluding hydrogens is 220 g/mol. The normalized spacial score (nSPS) is 23.8. The molecule has 4 nitrogen and oxygen atoms in total. The molecule has 2 atom stereocenters. The number of hydrogen-bond acceptors (Lipinski definition) is 4. The minimum Gasteiger partial charge on any atom is -0.466 e. The zero-order valence-corrected chi connectivity index (χ0v) is 10.7. The molecule has 96 valence electrons. The fourth-order valence-electron chi connectivity index (χ4n) is 2.05. The zero-order chi connectivity index (χ0) is 12.8. The van der Waals surface area contributed by atoms with E-state index >= 15 is 0 Å². The average Bonchev–Trinajstić information content (AvgIpc) is 2.29. The van der Waals surface area contributed by atoms with Gasteiger partial charge >= 0.3 is 11.9 Å². The van der Waals surface area contributed by atoms with Crippen molar-refractivity contribution in [3.63, 3.8) is 0 Å². The second-order valence-corrected chi connectivity index (χ2v) is 4.19. The first-order valence-corrected chi connectivity index (χ1v) is 6.10. The van der Waals surface area contributed by atoms with Gasteiger partial charge in [0.25, 0.3) is 0 Å². The minimum atomic E-state index is -0.484. The lowest BCUT2D eigenvalue weighted by Gasteiger charge is -2.26. The molecule has 1 rings (SSSR count). The van der Waals surface area contributed by atoms with Crippen molar-refractivity contribution < 1.29 is 19.1 Å². The molecule has 0 heterocycles. The third kappa shape index (κ3) is 3.58. The van der Waals surface area contributed by atoms with E-state index in [1.54, 1.807) is 13.8 Å². The Morgan fingerprint density at radius 2 is 1.82 bits per heavy atom. The highest BCUT2D eigenvalue weighted by atomic mass is 16.5. The van der Waals surface area contributed by atoms with E-state index in [0.29, 0.717) is 19.6 Å². The molecule has 0 spiro atoms. The lowest BCUT2D eigenvalue weighted by atomic mass is 9.81. The smallest absolute Gasteiger partial charge is 0.313 e. The molecule has 0 aromatic rings. The summed E-state index contributed by atoms with van der Waals surface area (Å²) in [5.74, 6) is -1.50. The Balaban J connectivity index is 2.81. The second-order valence-electron chi connectivity index (χ2n) is 4.19. The van der Waals surface area contributed by atoms with Crippen molar-refractivity contribution in [3.8, 4) is 0 Å². The third-order valence-corrected chi connectivity index (χ3v) is 2.90. The molecule has 0 aliphatic heterocycles. The maximum absolute atomic E-state index is 11.8. The Morgan fingerprint density at radius 1 is 1.24 bits per heavy atom. The Hall–Kier alpha value is -1.32. The molecule has 0 saturated heterocycles. The van der Waals surface area contributed by atoms with Crippen LogP contribution in [-0.2, 0) is 19.1 Å². The summed E-state index contributed by atoms with van der Waals surface area (Å²) in [4.78, 5) is 23.6. The van der Waals surface area contributed by atoms with Crippen LogP contribution in [0.3, 0.4) is 0 Å². The average molecular weight is 240 g/mol. The number of ether oxygens (including phenoxy) is 2. The van der Waals surface area contributed by atoms with Crippen molar-refractivity contribution in [1.82, 2.24) is 0 Å². The van der Waals surface area contributed by atoms with Gasteiger partial charge in [0.15, 0.2) is 0 Å². The van der Waals surface area contributed by atoms with Crippen LogP contribution < -0.4 is 0 Å². The third-order valence-electron chi connectivity index (χ3n) is 2.90. The molecule has 1 aliphatic carbocycles. The zero-order valence-electron chi connectivity index (χ0n) is 10.7. The topological polar surface area (TPSA) is 52.6 Å².